The van der Waals surface area contributed by atoms with Gasteiger partial charge in [0, 0.05) is 45.2 Å². The number of sulfonamides is 1. The van der Waals surface area contributed by atoms with Gasteiger partial charge in [-0.05, 0) is 36.4 Å². The fourth-order valence-corrected chi connectivity index (χ4v) is 7.94. The van der Waals surface area contributed by atoms with E-state index in [-0.39, 0.29) is 17.6 Å². The van der Waals surface area contributed by atoms with Crippen LogP contribution < -0.4 is 4.90 Å². The van der Waals surface area contributed by atoms with Gasteiger partial charge in [-0.15, -0.1) is 11.3 Å². The van der Waals surface area contributed by atoms with Crippen LogP contribution in [0.25, 0.3) is 10.2 Å². The summed E-state index contributed by atoms with van der Waals surface area (Å²) in [6.07, 6.45) is 1.08. The van der Waals surface area contributed by atoms with Crippen molar-refractivity contribution in [3.63, 3.8) is 0 Å². The lowest BCUT2D eigenvalue weighted by molar-refractivity contribution is -0.137. The van der Waals surface area contributed by atoms with E-state index in [1.54, 1.807) is 23.6 Å². The molecular formula is C21H23FN4O3S3. The maximum absolute atomic E-state index is 14.0. The number of anilines is 1. The van der Waals surface area contributed by atoms with E-state index in [1.165, 1.54) is 33.0 Å². The van der Waals surface area contributed by atoms with Crippen molar-refractivity contribution < 1.29 is 17.6 Å². The molecule has 11 heteroatoms. The Labute approximate surface area is 194 Å². The second kappa shape index (κ2) is 8.69. The quantitative estimate of drug-likeness (QED) is 0.557. The molecular weight excluding hydrogens is 471 g/mol. The molecule has 1 aromatic carbocycles. The van der Waals surface area contributed by atoms with Gasteiger partial charge >= 0.3 is 0 Å². The van der Waals surface area contributed by atoms with Gasteiger partial charge in [-0.2, -0.15) is 4.31 Å². The zero-order valence-corrected chi connectivity index (χ0v) is 19.8. The average molecular weight is 495 g/mol. The molecule has 0 radical (unpaired) electrons. The van der Waals surface area contributed by atoms with Crippen molar-refractivity contribution in [2.45, 2.75) is 17.1 Å². The Balaban J connectivity index is 1.17. The van der Waals surface area contributed by atoms with Crippen molar-refractivity contribution in [2.24, 2.45) is 5.92 Å². The highest BCUT2D eigenvalue weighted by atomic mass is 32.2. The van der Waals surface area contributed by atoms with E-state index >= 15 is 0 Å². The lowest BCUT2D eigenvalue weighted by Crippen LogP contribution is -2.52. The molecule has 32 heavy (non-hydrogen) atoms. The molecule has 2 aliphatic heterocycles. The molecule has 0 atom stereocenters. The van der Waals surface area contributed by atoms with Gasteiger partial charge in [0.2, 0.25) is 5.91 Å². The summed E-state index contributed by atoms with van der Waals surface area (Å²) in [5.41, 5.74) is 0.398. The predicted octanol–water partition coefficient (Wildman–Crippen LogP) is 3.25. The number of halogens is 1. The number of thiophene rings is 1. The number of carbonyl (C=O) groups excluding carboxylic acids is 1. The normalized spacial score (nSPS) is 19.0. The van der Waals surface area contributed by atoms with E-state index < -0.39 is 10.0 Å². The minimum atomic E-state index is -3.46. The van der Waals surface area contributed by atoms with Crippen molar-refractivity contribution in [3.8, 4) is 0 Å². The number of thiazole rings is 1. The number of carbonyl (C=O) groups is 1. The van der Waals surface area contributed by atoms with Gasteiger partial charge in [-0.3, -0.25) is 4.79 Å². The van der Waals surface area contributed by atoms with E-state index in [0.29, 0.717) is 61.8 Å². The van der Waals surface area contributed by atoms with Gasteiger partial charge < -0.3 is 9.80 Å². The van der Waals surface area contributed by atoms with Crippen LogP contribution in [0.4, 0.5) is 9.52 Å². The highest BCUT2D eigenvalue weighted by Gasteiger charge is 2.35. The number of piperazine rings is 1. The first-order chi connectivity index (χ1) is 15.4. The first kappa shape index (κ1) is 21.7. The number of hydrogen-bond acceptors (Lipinski definition) is 7. The minimum absolute atomic E-state index is 0.105. The molecule has 0 bridgehead atoms. The summed E-state index contributed by atoms with van der Waals surface area (Å²) in [6, 6.07) is 8.33. The van der Waals surface area contributed by atoms with Crippen molar-refractivity contribution >= 4 is 54.0 Å². The van der Waals surface area contributed by atoms with E-state index in [9.17, 15) is 17.6 Å². The molecule has 3 aromatic rings. The van der Waals surface area contributed by atoms with Gasteiger partial charge in [0.05, 0.1) is 4.70 Å². The number of rotatable bonds is 4. The molecule has 0 spiro atoms. The second-order valence-corrected chi connectivity index (χ2v) is 12.1. The van der Waals surface area contributed by atoms with E-state index in [0.717, 1.165) is 9.83 Å². The first-order valence-electron chi connectivity index (χ1n) is 10.6. The molecule has 2 saturated heterocycles. The van der Waals surface area contributed by atoms with Gasteiger partial charge in [0.1, 0.15) is 15.5 Å². The monoisotopic (exact) mass is 494 g/mol. The Bertz CT molecular complexity index is 1210. The molecule has 4 heterocycles. The van der Waals surface area contributed by atoms with Crippen LogP contribution >= 0.6 is 22.7 Å². The summed E-state index contributed by atoms with van der Waals surface area (Å²) >= 11 is 2.69. The highest BCUT2D eigenvalue weighted by Crippen LogP contribution is 2.31. The Morgan fingerprint density at radius 1 is 1.03 bits per heavy atom. The molecule has 2 aromatic heterocycles. The molecule has 170 valence electrons. The first-order valence-corrected chi connectivity index (χ1v) is 13.7. The Hall–Kier alpha value is -2.08. The topological polar surface area (TPSA) is 73.8 Å². The SMILES string of the molecule is O=C(C1CCN(S(=O)(=O)c2cccs2)CC1)N1CCN(c2nc3c(F)cccc3s2)CC1. The molecule has 7 nitrogen and oxygen atoms in total. The Kier molecular flexibility index (Phi) is 5.91. The summed E-state index contributed by atoms with van der Waals surface area (Å²) in [4.78, 5) is 21.5. The summed E-state index contributed by atoms with van der Waals surface area (Å²) in [6.45, 7) is 3.22. The van der Waals surface area contributed by atoms with Crippen molar-refractivity contribution in [2.75, 3.05) is 44.2 Å². The van der Waals surface area contributed by atoms with Gasteiger partial charge in [-0.25, -0.2) is 17.8 Å². The number of fused-ring (bicyclic) bond motifs is 1. The third kappa shape index (κ3) is 4.02. The predicted molar refractivity (Wildman–Crippen MR) is 124 cm³/mol. The van der Waals surface area contributed by atoms with E-state index in [2.05, 4.69) is 9.88 Å². The van der Waals surface area contributed by atoms with Crippen molar-refractivity contribution in [1.82, 2.24) is 14.2 Å². The minimum Gasteiger partial charge on any atom is -0.345 e. The standard InChI is InChI=1S/C21H23FN4O3S3/c22-16-3-1-4-17-19(16)23-21(31-17)25-12-10-24(11-13-25)20(27)15-6-8-26(9-7-15)32(28,29)18-5-2-14-30-18/h1-5,14-15H,6-13H2. The summed E-state index contributed by atoms with van der Waals surface area (Å²) in [5, 5.41) is 2.54. The van der Waals surface area contributed by atoms with E-state index in [1.807, 2.05) is 11.0 Å². The molecule has 2 aliphatic rings. The third-order valence-corrected chi connectivity index (χ3v) is 10.5. The fourth-order valence-electron chi connectivity index (χ4n) is 4.30. The number of nitrogens with zero attached hydrogens (tertiary/aromatic N) is 4. The van der Waals surface area contributed by atoms with Gasteiger partial charge in [0.25, 0.3) is 10.0 Å². The summed E-state index contributed by atoms with van der Waals surface area (Å²) < 4.78 is 42.0. The van der Waals surface area contributed by atoms with Crippen LogP contribution in [0, 0.1) is 11.7 Å². The average Bonchev–Trinajstić information content (AvgIpc) is 3.50. The molecule has 0 saturated carbocycles. The third-order valence-electron chi connectivity index (χ3n) is 6.11. The molecule has 1 amide bonds. The number of benzene rings is 1. The van der Waals surface area contributed by atoms with E-state index in [4.69, 9.17) is 0 Å². The van der Waals surface area contributed by atoms with Crippen LogP contribution in [0.15, 0.2) is 39.9 Å². The van der Waals surface area contributed by atoms with Crippen LogP contribution in [0.1, 0.15) is 12.8 Å². The molecule has 0 aliphatic carbocycles. The number of hydrogen-bond donors (Lipinski definition) is 0. The molecule has 5 rings (SSSR count). The van der Waals surface area contributed by atoms with Gasteiger partial charge in [0.15, 0.2) is 5.13 Å². The smallest absolute Gasteiger partial charge is 0.252 e. The number of piperidine rings is 1. The number of para-hydroxylation sites is 1. The lowest BCUT2D eigenvalue weighted by Gasteiger charge is -2.38. The zero-order chi connectivity index (χ0) is 22.3. The molecule has 0 unspecified atom stereocenters. The van der Waals surface area contributed by atoms with Crippen LogP contribution in [-0.4, -0.2) is 67.8 Å². The van der Waals surface area contributed by atoms with Crippen LogP contribution in [0.5, 0.6) is 0 Å². The number of aromatic nitrogens is 1. The Morgan fingerprint density at radius 2 is 1.78 bits per heavy atom. The summed E-state index contributed by atoms with van der Waals surface area (Å²) in [5.74, 6) is -0.354. The Morgan fingerprint density at radius 3 is 2.44 bits per heavy atom. The van der Waals surface area contributed by atoms with Crippen LogP contribution in [0.3, 0.4) is 0 Å². The maximum atomic E-state index is 14.0. The van der Waals surface area contributed by atoms with Crippen molar-refractivity contribution in [3.05, 3.63) is 41.5 Å². The maximum Gasteiger partial charge on any atom is 0.252 e. The molecule has 2 fully saturated rings. The fraction of sp³-hybridized carbons (Fsp3) is 0.429. The number of amides is 1. The van der Waals surface area contributed by atoms with Crippen LogP contribution in [0.2, 0.25) is 0 Å². The molecule has 0 N–H and O–H groups in total. The summed E-state index contributed by atoms with van der Waals surface area (Å²) in [7, 11) is -3.46. The second-order valence-electron chi connectivity index (χ2n) is 8.01. The van der Waals surface area contributed by atoms with Gasteiger partial charge in [-0.1, -0.05) is 23.5 Å². The highest BCUT2D eigenvalue weighted by molar-refractivity contribution is 7.91. The van der Waals surface area contributed by atoms with Crippen LogP contribution in [-0.2, 0) is 14.8 Å². The van der Waals surface area contributed by atoms with Crippen molar-refractivity contribution in [1.29, 1.82) is 0 Å². The zero-order valence-electron chi connectivity index (χ0n) is 17.3. The largest absolute Gasteiger partial charge is 0.345 e. The lowest BCUT2D eigenvalue weighted by atomic mass is 9.96.